The maximum Gasteiger partial charge on any atom is 0.0591 e. The van der Waals surface area contributed by atoms with Crippen LogP contribution in [-0.2, 0) is 11.2 Å². The number of rotatable bonds is 9. The molecule has 0 saturated heterocycles. The molecule has 1 unspecified atom stereocenters. The van der Waals surface area contributed by atoms with Gasteiger partial charge in [-0.3, -0.25) is 0 Å². The van der Waals surface area contributed by atoms with Gasteiger partial charge in [0, 0.05) is 25.1 Å². The van der Waals surface area contributed by atoms with E-state index < -0.39 is 0 Å². The number of alkyl halides is 1. The molecular formula is C14H22ClNO. The highest BCUT2D eigenvalue weighted by molar-refractivity contribution is 6.18. The van der Waals surface area contributed by atoms with Crippen molar-refractivity contribution < 1.29 is 4.74 Å². The molecule has 0 aliphatic rings. The van der Waals surface area contributed by atoms with Crippen LogP contribution in [0.1, 0.15) is 18.9 Å². The molecule has 1 atom stereocenters. The second kappa shape index (κ2) is 9.46. The first kappa shape index (κ1) is 14.5. The lowest BCUT2D eigenvalue weighted by Gasteiger charge is -2.16. The zero-order valence-corrected chi connectivity index (χ0v) is 11.2. The van der Waals surface area contributed by atoms with Crippen molar-refractivity contribution in [2.45, 2.75) is 25.8 Å². The predicted molar refractivity (Wildman–Crippen MR) is 73.8 cm³/mol. The third-order valence-corrected chi connectivity index (χ3v) is 2.91. The van der Waals surface area contributed by atoms with Gasteiger partial charge in [0.15, 0.2) is 0 Å². The van der Waals surface area contributed by atoms with Crippen LogP contribution in [-0.4, -0.2) is 31.7 Å². The minimum absolute atomic E-state index is 0.323. The Hall–Kier alpha value is -0.570. The van der Waals surface area contributed by atoms with Crippen molar-refractivity contribution in [3.63, 3.8) is 0 Å². The van der Waals surface area contributed by atoms with E-state index in [9.17, 15) is 0 Å². The fourth-order valence-corrected chi connectivity index (χ4v) is 1.88. The first-order chi connectivity index (χ1) is 8.36. The van der Waals surface area contributed by atoms with Crippen LogP contribution >= 0.6 is 11.6 Å². The summed E-state index contributed by atoms with van der Waals surface area (Å²) < 4.78 is 5.42. The lowest BCUT2D eigenvalue weighted by atomic mass is 10.1. The van der Waals surface area contributed by atoms with Gasteiger partial charge in [0.2, 0.25) is 0 Å². The van der Waals surface area contributed by atoms with Crippen LogP contribution in [0.2, 0.25) is 0 Å². The fraction of sp³-hybridized carbons (Fsp3) is 0.571. The summed E-state index contributed by atoms with van der Waals surface area (Å²) in [6.07, 6.45) is 2.04. The molecule has 1 aromatic rings. The first-order valence-corrected chi connectivity index (χ1v) is 6.81. The molecular weight excluding hydrogens is 234 g/mol. The molecule has 3 heteroatoms. The van der Waals surface area contributed by atoms with Gasteiger partial charge < -0.3 is 10.1 Å². The van der Waals surface area contributed by atoms with Gasteiger partial charge in [0.25, 0.3) is 0 Å². The minimum Gasteiger partial charge on any atom is -0.380 e. The van der Waals surface area contributed by atoms with Gasteiger partial charge in [-0.05, 0) is 18.4 Å². The van der Waals surface area contributed by atoms with Gasteiger partial charge in [0.05, 0.1) is 6.61 Å². The van der Waals surface area contributed by atoms with Crippen LogP contribution in [0.5, 0.6) is 0 Å². The van der Waals surface area contributed by atoms with Crippen LogP contribution in [0.4, 0.5) is 0 Å². The van der Waals surface area contributed by atoms with Crippen molar-refractivity contribution >= 4 is 11.6 Å². The van der Waals surface area contributed by atoms with Crippen molar-refractivity contribution in [1.29, 1.82) is 0 Å². The van der Waals surface area contributed by atoms with Gasteiger partial charge in [0.1, 0.15) is 0 Å². The minimum atomic E-state index is 0.323. The van der Waals surface area contributed by atoms with Crippen molar-refractivity contribution in [3.05, 3.63) is 35.9 Å². The molecule has 0 aromatic heterocycles. The molecule has 1 aromatic carbocycles. The zero-order chi connectivity index (χ0) is 12.3. The van der Waals surface area contributed by atoms with Gasteiger partial charge >= 0.3 is 0 Å². The summed E-state index contributed by atoms with van der Waals surface area (Å²) in [5, 5.41) is 3.42. The summed E-state index contributed by atoms with van der Waals surface area (Å²) in [6, 6.07) is 10.7. The largest absolute Gasteiger partial charge is 0.380 e. The molecule has 1 rings (SSSR count). The Labute approximate surface area is 109 Å². The predicted octanol–water partition coefficient (Wildman–Crippen LogP) is 2.85. The molecule has 17 heavy (non-hydrogen) atoms. The fourth-order valence-electron chi connectivity index (χ4n) is 1.66. The maximum atomic E-state index is 5.95. The molecule has 0 bridgehead atoms. The van der Waals surface area contributed by atoms with Crippen molar-refractivity contribution in [2.24, 2.45) is 0 Å². The van der Waals surface area contributed by atoms with Crippen LogP contribution < -0.4 is 5.32 Å². The average Bonchev–Trinajstić information content (AvgIpc) is 2.38. The third kappa shape index (κ3) is 6.67. The molecule has 0 heterocycles. The molecule has 0 aliphatic heterocycles. The van der Waals surface area contributed by atoms with Crippen LogP contribution in [0.15, 0.2) is 30.3 Å². The monoisotopic (exact) mass is 255 g/mol. The number of hydrogen-bond donors (Lipinski definition) is 1. The molecule has 0 fully saturated rings. The van der Waals surface area contributed by atoms with E-state index in [1.54, 1.807) is 0 Å². The molecule has 0 radical (unpaired) electrons. The second-order valence-electron chi connectivity index (χ2n) is 4.11. The Morgan fingerprint density at radius 3 is 2.65 bits per heavy atom. The highest BCUT2D eigenvalue weighted by atomic mass is 35.5. The summed E-state index contributed by atoms with van der Waals surface area (Å²) >= 11 is 5.95. The molecule has 2 nitrogen and oxygen atoms in total. The van der Waals surface area contributed by atoms with E-state index in [1.165, 1.54) is 5.56 Å². The van der Waals surface area contributed by atoms with Gasteiger partial charge in [-0.2, -0.15) is 0 Å². The summed E-state index contributed by atoms with van der Waals surface area (Å²) in [5.74, 6) is 0.628. The number of nitrogens with one attached hydrogen (secondary N) is 1. The molecule has 0 aliphatic carbocycles. The van der Waals surface area contributed by atoms with Crippen molar-refractivity contribution in [2.75, 3.05) is 25.6 Å². The van der Waals surface area contributed by atoms with Gasteiger partial charge in [-0.25, -0.2) is 0 Å². The Morgan fingerprint density at radius 1 is 1.24 bits per heavy atom. The van der Waals surface area contributed by atoms with Gasteiger partial charge in [-0.1, -0.05) is 37.3 Å². The van der Waals surface area contributed by atoms with E-state index in [1.807, 2.05) is 6.07 Å². The summed E-state index contributed by atoms with van der Waals surface area (Å²) in [4.78, 5) is 0. The standard InChI is InChI=1S/C14H22ClNO/c1-2-9-17-10-8-16-14(12-15)11-13-6-4-3-5-7-13/h3-7,14,16H,2,8-12H2,1H3. The van der Waals surface area contributed by atoms with Crippen LogP contribution in [0, 0.1) is 0 Å². The van der Waals surface area contributed by atoms with Crippen LogP contribution in [0.25, 0.3) is 0 Å². The third-order valence-electron chi connectivity index (χ3n) is 2.54. The highest BCUT2D eigenvalue weighted by Crippen LogP contribution is 2.04. The molecule has 96 valence electrons. The normalized spacial score (nSPS) is 12.6. The molecule has 0 spiro atoms. The quantitative estimate of drug-likeness (QED) is 0.541. The van der Waals surface area contributed by atoms with E-state index in [0.29, 0.717) is 11.9 Å². The van der Waals surface area contributed by atoms with Gasteiger partial charge in [-0.15, -0.1) is 11.6 Å². The molecule has 0 amide bonds. The number of benzene rings is 1. The zero-order valence-electron chi connectivity index (χ0n) is 10.5. The highest BCUT2D eigenvalue weighted by Gasteiger charge is 2.06. The van der Waals surface area contributed by atoms with Crippen molar-refractivity contribution in [1.82, 2.24) is 5.32 Å². The Kier molecular flexibility index (Phi) is 8.06. The second-order valence-corrected chi connectivity index (χ2v) is 4.42. The summed E-state index contributed by atoms with van der Waals surface area (Å²) in [5.41, 5.74) is 1.32. The summed E-state index contributed by atoms with van der Waals surface area (Å²) in [7, 11) is 0. The number of halogens is 1. The number of hydrogen-bond acceptors (Lipinski definition) is 2. The van der Waals surface area contributed by atoms with E-state index in [4.69, 9.17) is 16.3 Å². The summed E-state index contributed by atoms with van der Waals surface area (Å²) in [6.45, 7) is 4.58. The van der Waals surface area contributed by atoms with Crippen molar-refractivity contribution in [3.8, 4) is 0 Å². The van der Waals surface area contributed by atoms with E-state index in [2.05, 4.69) is 36.5 Å². The molecule has 1 N–H and O–H groups in total. The lowest BCUT2D eigenvalue weighted by molar-refractivity contribution is 0.135. The average molecular weight is 256 g/mol. The smallest absolute Gasteiger partial charge is 0.0591 e. The van der Waals surface area contributed by atoms with E-state index >= 15 is 0 Å². The number of ether oxygens (including phenoxy) is 1. The lowest BCUT2D eigenvalue weighted by Crippen LogP contribution is -2.35. The maximum absolute atomic E-state index is 5.95. The van der Waals surface area contributed by atoms with Crippen LogP contribution in [0.3, 0.4) is 0 Å². The molecule has 0 saturated carbocycles. The Bertz CT molecular complexity index is 279. The Morgan fingerprint density at radius 2 is 2.00 bits per heavy atom. The van der Waals surface area contributed by atoms with E-state index in [0.717, 1.165) is 32.6 Å². The topological polar surface area (TPSA) is 21.3 Å². The Balaban J connectivity index is 2.20. The SMILES string of the molecule is CCCOCCNC(CCl)Cc1ccccc1. The van der Waals surface area contributed by atoms with E-state index in [-0.39, 0.29) is 0 Å². The first-order valence-electron chi connectivity index (χ1n) is 6.27.